The molecule has 116 valence electrons. The molecule has 1 aromatic rings. The Bertz CT molecular complexity index is 504. The van der Waals surface area contributed by atoms with E-state index in [1.165, 1.54) is 25.1 Å². The Balaban J connectivity index is 2.52. The minimum atomic E-state index is -0.530. The predicted molar refractivity (Wildman–Crippen MR) is 81.7 cm³/mol. The summed E-state index contributed by atoms with van der Waals surface area (Å²) in [6, 6.07) is 4.43. The Labute approximate surface area is 124 Å². The van der Waals surface area contributed by atoms with Crippen molar-refractivity contribution in [3.8, 4) is 0 Å². The summed E-state index contributed by atoms with van der Waals surface area (Å²) < 4.78 is 13.6. The molecule has 0 aliphatic carbocycles. The second kappa shape index (κ2) is 8.36. The molecule has 0 fully saturated rings. The number of amides is 2. The fourth-order valence-electron chi connectivity index (χ4n) is 1.75. The quantitative estimate of drug-likeness (QED) is 0.677. The molecular weight excluding hydrogens is 273 g/mol. The summed E-state index contributed by atoms with van der Waals surface area (Å²) in [5.74, 6) is -1.03. The minimum absolute atomic E-state index is 0.0723. The minimum Gasteiger partial charge on any atom is -0.326 e. The fourth-order valence-corrected chi connectivity index (χ4v) is 1.75. The van der Waals surface area contributed by atoms with Crippen LogP contribution in [-0.4, -0.2) is 24.4 Å². The highest BCUT2D eigenvalue weighted by atomic mass is 19.1. The van der Waals surface area contributed by atoms with Crippen LogP contribution in [0.3, 0.4) is 0 Å². The van der Waals surface area contributed by atoms with E-state index in [4.69, 9.17) is 0 Å². The Kier molecular flexibility index (Phi) is 6.81. The fraction of sp³-hybridized carbons (Fsp3) is 0.467. The molecule has 1 aromatic carbocycles. The first-order chi connectivity index (χ1) is 9.88. The molecule has 0 spiro atoms. The lowest BCUT2D eigenvalue weighted by Crippen LogP contribution is -2.24. The summed E-state index contributed by atoms with van der Waals surface area (Å²) in [6.07, 6.45) is 0.987. The van der Waals surface area contributed by atoms with Gasteiger partial charge < -0.3 is 16.0 Å². The first kappa shape index (κ1) is 17.1. The van der Waals surface area contributed by atoms with E-state index in [1.54, 1.807) is 0 Å². The number of halogens is 1. The summed E-state index contributed by atoms with van der Waals surface area (Å²) in [5.41, 5.74) is 0.517. The third-order valence-corrected chi connectivity index (χ3v) is 2.69. The van der Waals surface area contributed by atoms with Crippen molar-refractivity contribution in [1.82, 2.24) is 5.32 Å². The molecule has 5 nitrogen and oxygen atoms in total. The van der Waals surface area contributed by atoms with Gasteiger partial charge in [-0.15, -0.1) is 0 Å². The smallest absolute Gasteiger partial charge is 0.224 e. The van der Waals surface area contributed by atoms with Crippen molar-refractivity contribution in [2.45, 2.75) is 39.7 Å². The molecule has 0 atom stereocenters. The highest BCUT2D eigenvalue weighted by Gasteiger charge is 2.08. The Morgan fingerprint density at radius 1 is 1.24 bits per heavy atom. The predicted octanol–water partition coefficient (Wildman–Crippen LogP) is 2.50. The highest BCUT2D eigenvalue weighted by Crippen LogP contribution is 2.20. The second-order valence-electron chi connectivity index (χ2n) is 5.14. The van der Waals surface area contributed by atoms with Crippen molar-refractivity contribution < 1.29 is 14.0 Å². The molecule has 0 saturated carbocycles. The van der Waals surface area contributed by atoms with Crippen LogP contribution in [0.2, 0.25) is 0 Å². The van der Waals surface area contributed by atoms with Crippen molar-refractivity contribution in [1.29, 1.82) is 0 Å². The Hall–Kier alpha value is -1.95. The van der Waals surface area contributed by atoms with Crippen LogP contribution in [0.5, 0.6) is 0 Å². The third kappa shape index (κ3) is 6.85. The van der Waals surface area contributed by atoms with Crippen molar-refractivity contribution in [3.05, 3.63) is 24.0 Å². The van der Waals surface area contributed by atoms with E-state index in [0.717, 1.165) is 6.54 Å². The van der Waals surface area contributed by atoms with E-state index in [2.05, 4.69) is 16.0 Å². The normalized spacial score (nSPS) is 10.5. The van der Waals surface area contributed by atoms with Gasteiger partial charge in [0.25, 0.3) is 0 Å². The number of nitrogens with one attached hydrogen (secondary N) is 3. The van der Waals surface area contributed by atoms with E-state index in [-0.39, 0.29) is 17.5 Å². The van der Waals surface area contributed by atoms with Crippen LogP contribution >= 0.6 is 0 Å². The molecule has 0 unspecified atom stereocenters. The summed E-state index contributed by atoms with van der Waals surface area (Å²) in [4.78, 5) is 22.7. The standard InChI is InChI=1S/C15H22FN3O2/c1-10(2)17-8-4-5-15(21)19-14-9-12(18-11(3)20)6-7-13(14)16/h6-7,9-10,17H,4-5,8H2,1-3H3,(H,18,20)(H,19,21). The number of hydrogen-bond donors (Lipinski definition) is 3. The van der Waals surface area contributed by atoms with E-state index >= 15 is 0 Å². The number of hydrogen-bond acceptors (Lipinski definition) is 3. The molecule has 6 heteroatoms. The molecule has 3 N–H and O–H groups in total. The lowest BCUT2D eigenvalue weighted by atomic mass is 10.2. The van der Waals surface area contributed by atoms with Crippen LogP contribution in [0, 0.1) is 5.82 Å². The van der Waals surface area contributed by atoms with Gasteiger partial charge in [0.05, 0.1) is 5.69 Å². The van der Waals surface area contributed by atoms with Crippen LogP contribution in [-0.2, 0) is 9.59 Å². The average Bonchev–Trinajstić information content (AvgIpc) is 2.38. The molecule has 0 aliphatic heterocycles. The zero-order chi connectivity index (χ0) is 15.8. The number of carbonyl (C=O) groups excluding carboxylic acids is 2. The topological polar surface area (TPSA) is 70.2 Å². The molecule has 2 amide bonds. The number of carbonyl (C=O) groups is 2. The second-order valence-corrected chi connectivity index (χ2v) is 5.14. The summed E-state index contributed by atoms with van der Waals surface area (Å²) in [5, 5.41) is 8.27. The van der Waals surface area contributed by atoms with Gasteiger partial charge in [0.15, 0.2) is 0 Å². The van der Waals surface area contributed by atoms with Gasteiger partial charge in [0.1, 0.15) is 5.82 Å². The first-order valence-corrected chi connectivity index (χ1v) is 6.99. The van der Waals surface area contributed by atoms with Crippen LogP contribution in [0.15, 0.2) is 18.2 Å². The zero-order valence-corrected chi connectivity index (χ0v) is 12.6. The monoisotopic (exact) mass is 295 g/mol. The summed E-state index contributed by atoms with van der Waals surface area (Å²) in [7, 11) is 0. The Morgan fingerprint density at radius 3 is 2.57 bits per heavy atom. The van der Waals surface area contributed by atoms with Crippen molar-refractivity contribution in [2.75, 3.05) is 17.2 Å². The van der Waals surface area contributed by atoms with E-state index in [9.17, 15) is 14.0 Å². The highest BCUT2D eigenvalue weighted by molar-refractivity contribution is 5.93. The van der Waals surface area contributed by atoms with Gasteiger partial charge in [0, 0.05) is 25.1 Å². The van der Waals surface area contributed by atoms with Crippen molar-refractivity contribution >= 4 is 23.2 Å². The van der Waals surface area contributed by atoms with E-state index in [0.29, 0.717) is 24.6 Å². The number of rotatable bonds is 7. The molecule has 0 aliphatic rings. The lowest BCUT2D eigenvalue weighted by Gasteiger charge is -2.10. The molecule has 0 aromatic heterocycles. The molecule has 21 heavy (non-hydrogen) atoms. The van der Waals surface area contributed by atoms with Crippen LogP contribution < -0.4 is 16.0 Å². The van der Waals surface area contributed by atoms with Crippen LogP contribution in [0.1, 0.15) is 33.6 Å². The average molecular weight is 295 g/mol. The summed E-state index contributed by atoms with van der Waals surface area (Å²) >= 11 is 0. The van der Waals surface area contributed by atoms with Gasteiger partial charge in [-0.05, 0) is 31.2 Å². The van der Waals surface area contributed by atoms with Crippen LogP contribution in [0.4, 0.5) is 15.8 Å². The van der Waals surface area contributed by atoms with Crippen molar-refractivity contribution in [2.24, 2.45) is 0 Å². The van der Waals surface area contributed by atoms with Gasteiger partial charge in [-0.1, -0.05) is 13.8 Å². The summed E-state index contributed by atoms with van der Waals surface area (Å²) in [6.45, 7) is 6.16. The number of anilines is 2. The largest absolute Gasteiger partial charge is 0.326 e. The molecule has 0 radical (unpaired) electrons. The third-order valence-electron chi connectivity index (χ3n) is 2.69. The maximum atomic E-state index is 13.6. The van der Waals surface area contributed by atoms with Gasteiger partial charge in [0.2, 0.25) is 11.8 Å². The first-order valence-electron chi connectivity index (χ1n) is 6.99. The van der Waals surface area contributed by atoms with Gasteiger partial charge in [-0.3, -0.25) is 9.59 Å². The maximum absolute atomic E-state index is 13.6. The Morgan fingerprint density at radius 2 is 1.95 bits per heavy atom. The molecule has 0 saturated heterocycles. The van der Waals surface area contributed by atoms with Gasteiger partial charge in [-0.2, -0.15) is 0 Å². The van der Waals surface area contributed by atoms with E-state index < -0.39 is 5.82 Å². The molecule has 0 bridgehead atoms. The van der Waals surface area contributed by atoms with Crippen molar-refractivity contribution in [3.63, 3.8) is 0 Å². The van der Waals surface area contributed by atoms with E-state index in [1.807, 2.05) is 13.8 Å². The zero-order valence-electron chi connectivity index (χ0n) is 12.6. The molecule has 1 rings (SSSR count). The maximum Gasteiger partial charge on any atom is 0.224 e. The van der Waals surface area contributed by atoms with Gasteiger partial charge >= 0.3 is 0 Å². The lowest BCUT2D eigenvalue weighted by molar-refractivity contribution is -0.116. The molecule has 0 heterocycles. The molecular formula is C15H22FN3O2. The van der Waals surface area contributed by atoms with Crippen LogP contribution in [0.25, 0.3) is 0 Å². The van der Waals surface area contributed by atoms with Gasteiger partial charge in [-0.25, -0.2) is 4.39 Å². The number of benzene rings is 1. The SMILES string of the molecule is CC(=O)Nc1ccc(F)c(NC(=O)CCCNC(C)C)c1.